The summed E-state index contributed by atoms with van der Waals surface area (Å²) in [5, 5.41) is 10.2. The van der Waals surface area contributed by atoms with Gasteiger partial charge in [-0.05, 0) is 23.6 Å². The summed E-state index contributed by atoms with van der Waals surface area (Å²) >= 11 is 0. The average Bonchev–Trinajstić information content (AvgIpc) is 2.88. The quantitative estimate of drug-likeness (QED) is 0.732. The van der Waals surface area contributed by atoms with Crippen LogP contribution in [0.2, 0.25) is 0 Å². The Bertz CT molecular complexity index is 720. The summed E-state index contributed by atoms with van der Waals surface area (Å²) in [6.45, 7) is 8.41. The molecule has 1 aromatic carbocycles. The van der Waals surface area contributed by atoms with Gasteiger partial charge in [0, 0.05) is 26.2 Å². The van der Waals surface area contributed by atoms with Crippen LogP contribution in [0.25, 0.3) is 5.57 Å². The van der Waals surface area contributed by atoms with Crippen molar-refractivity contribution in [3.63, 3.8) is 0 Å². The van der Waals surface area contributed by atoms with Crippen molar-refractivity contribution in [2.45, 2.75) is 13.8 Å². The van der Waals surface area contributed by atoms with Crippen LogP contribution in [0.15, 0.2) is 30.0 Å². The lowest BCUT2D eigenvalue weighted by atomic mass is 10.1. The van der Waals surface area contributed by atoms with Gasteiger partial charge in [0.05, 0.1) is 25.4 Å². The summed E-state index contributed by atoms with van der Waals surface area (Å²) in [6.07, 6.45) is 0. The van der Waals surface area contributed by atoms with Gasteiger partial charge < -0.3 is 14.6 Å². The Kier molecular flexibility index (Phi) is 6.13. The Morgan fingerprint density at radius 1 is 1.07 bits per heavy atom. The van der Waals surface area contributed by atoms with Crippen molar-refractivity contribution in [2.24, 2.45) is 5.92 Å². The number of morpholine rings is 1. The van der Waals surface area contributed by atoms with Crippen LogP contribution in [-0.2, 0) is 14.3 Å². The molecule has 0 bridgehead atoms. The van der Waals surface area contributed by atoms with Crippen molar-refractivity contribution in [1.82, 2.24) is 9.80 Å². The molecular formula is C20H26N2O5. The maximum atomic E-state index is 12.7. The highest BCUT2D eigenvalue weighted by Gasteiger charge is 2.39. The highest BCUT2D eigenvalue weighted by atomic mass is 16.5. The minimum atomic E-state index is -0.636. The number of aliphatic hydroxyl groups excluding tert-OH is 1. The molecule has 2 aliphatic heterocycles. The lowest BCUT2D eigenvalue weighted by molar-refractivity contribution is -0.138. The molecule has 3 rings (SSSR count). The third kappa shape index (κ3) is 4.48. The first kappa shape index (κ1) is 19.4. The number of benzene rings is 1. The first-order chi connectivity index (χ1) is 13.0. The van der Waals surface area contributed by atoms with Gasteiger partial charge in [0.2, 0.25) is 0 Å². The topological polar surface area (TPSA) is 79.3 Å². The molecule has 27 heavy (non-hydrogen) atoms. The predicted octanol–water partition coefficient (Wildman–Crippen LogP) is 1.69. The molecule has 0 aliphatic carbocycles. The Labute approximate surface area is 159 Å². The van der Waals surface area contributed by atoms with Gasteiger partial charge in [-0.15, -0.1) is 0 Å². The minimum Gasteiger partial charge on any atom is -0.502 e. The molecule has 0 saturated carbocycles. The van der Waals surface area contributed by atoms with Gasteiger partial charge in [-0.2, -0.15) is 0 Å². The summed E-state index contributed by atoms with van der Waals surface area (Å²) in [5.74, 6) is -0.484. The first-order valence-electron chi connectivity index (χ1n) is 9.30. The second kappa shape index (κ2) is 8.54. The van der Waals surface area contributed by atoms with Gasteiger partial charge in [-0.3, -0.25) is 19.4 Å². The molecule has 146 valence electrons. The molecule has 7 heteroatoms. The fourth-order valence-electron chi connectivity index (χ4n) is 3.07. The van der Waals surface area contributed by atoms with Crippen LogP contribution in [0, 0.1) is 5.92 Å². The van der Waals surface area contributed by atoms with Crippen molar-refractivity contribution < 1.29 is 24.2 Å². The number of carbonyl (C=O) groups is 2. The van der Waals surface area contributed by atoms with E-state index in [0.717, 1.165) is 18.0 Å². The first-order valence-corrected chi connectivity index (χ1v) is 9.30. The molecule has 0 spiro atoms. The van der Waals surface area contributed by atoms with Gasteiger partial charge in [-0.1, -0.05) is 26.0 Å². The normalized spacial score (nSPS) is 18.7. The van der Waals surface area contributed by atoms with E-state index in [1.807, 2.05) is 0 Å². The summed E-state index contributed by atoms with van der Waals surface area (Å²) < 4.78 is 10.9. The van der Waals surface area contributed by atoms with Crippen LogP contribution in [0.4, 0.5) is 0 Å². The molecule has 2 heterocycles. The van der Waals surface area contributed by atoms with Crippen LogP contribution in [0.5, 0.6) is 5.75 Å². The van der Waals surface area contributed by atoms with Crippen molar-refractivity contribution in [1.29, 1.82) is 0 Å². The van der Waals surface area contributed by atoms with Crippen LogP contribution < -0.4 is 4.74 Å². The fraction of sp³-hybridized carbons (Fsp3) is 0.500. The van der Waals surface area contributed by atoms with Crippen LogP contribution in [-0.4, -0.2) is 72.7 Å². The molecule has 0 aromatic heterocycles. The summed E-state index contributed by atoms with van der Waals surface area (Å²) in [6, 6.07) is 6.87. The van der Waals surface area contributed by atoms with Gasteiger partial charge in [0.15, 0.2) is 5.76 Å². The second-order valence-corrected chi connectivity index (χ2v) is 7.17. The zero-order chi connectivity index (χ0) is 19.4. The lowest BCUT2D eigenvalue weighted by Crippen LogP contribution is -2.43. The Morgan fingerprint density at radius 3 is 2.37 bits per heavy atom. The Hall–Kier alpha value is -2.38. The maximum absolute atomic E-state index is 12.7. The molecule has 2 aliphatic rings. The number of aliphatic hydroxyl groups is 1. The lowest BCUT2D eigenvalue weighted by Gasteiger charge is -2.28. The van der Waals surface area contributed by atoms with Crippen molar-refractivity contribution in [2.75, 3.05) is 46.0 Å². The molecule has 0 atom stereocenters. The molecule has 1 aromatic rings. The molecule has 1 saturated heterocycles. The zero-order valence-electron chi connectivity index (χ0n) is 15.8. The Morgan fingerprint density at radius 2 is 1.74 bits per heavy atom. The molecule has 1 N–H and O–H groups in total. The van der Waals surface area contributed by atoms with E-state index in [1.165, 1.54) is 0 Å². The van der Waals surface area contributed by atoms with E-state index in [4.69, 9.17) is 9.47 Å². The van der Waals surface area contributed by atoms with Crippen LogP contribution in [0.1, 0.15) is 19.4 Å². The molecule has 1 fully saturated rings. The van der Waals surface area contributed by atoms with E-state index >= 15 is 0 Å². The van der Waals surface area contributed by atoms with Crippen LogP contribution in [0.3, 0.4) is 0 Å². The van der Waals surface area contributed by atoms with E-state index in [-0.39, 0.29) is 12.1 Å². The maximum Gasteiger partial charge on any atom is 0.296 e. The summed E-state index contributed by atoms with van der Waals surface area (Å²) in [5.41, 5.74) is 0.564. The van der Waals surface area contributed by atoms with E-state index in [0.29, 0.717) is 43.6 Å². The predicted molar refractivity (Wildman–Crippen MR) is 100 cm³/mol. The number of ether oxygens (including phenoxy) is 2. The van der Waals surface area contributed by atoms with Gasteiger partial charge in [-0.25, -0.2) is 0 Å². The van der Waals surface area contributed by atoms with Crippen molar-refractivity contribution >= 4 is 17.4 Å². The minimum absolute atomic E-state index is 0.0531. The second-order valence-electron chi connectivity index (χ2n) is 7.17. The van der Waals surface area contributed by atoms with Crippen molar-refractivity contribution in [3.8, 4) is 5.75 Å². The van der Waals surface area contributed by atoms with E-state index < -0.39 is 17.6 Å². The number of rotatable bonds is 7. The highest BCUT2D eigenvalue weighted by molar-refractivity contribution is 6.34. The third-order valence-corrected chi connectivity index (χ3v) is 4.61. The standard InChI is InChI=1S/C20H26N2O5/c1-14(2)13-27-16-5-3-15(4-6-16)17-18(23)20(25)22(19(17)24)8-7-21-9-11-26-12-10-21/h3-6,14,23H,7-13H2,1-2H3. The van der Waals surface area contributed by atoms with E-state index in [1.54, 1.807) is 24.3 Å². The monoisotopic (exact) mass is 374 g/mol. The number of hydrogen-bond acceptors (Lipinski definition) is 6. The summed E-state index contributed by atoms with van der Waals surface area (Å²) in [7, 11) is 0. The zero-order valence-corrected chi connectivity index (χ0v) is 15.8. The van der Waals surface area contributed by atoms with E-state index in [2.05, 4.69) is 18.7 Å². The molecule has 0 radical (unpaired) electrons. The molecule has 2 amide bonds. The third-order valence-electron chi connectivity index (χ3n) is 4.61. The smallest absolute Gasteiger partial charge is 0.296 e. The van der Waals surface area contributed by atoms with Crippen molar-refractivity contribution in [3.05, 3.63) is 35.6 Å². The number of amides is 2. The van der Waals surface area contributed by atoms with Gasteiger partial charge in [0.1, 0.15) is 5.75 Å². The van der Waals surface area contributed by atoms with E-state index in [9.17, 15) is 14.7 Å². The highest BCUT2D eigenvalue weighted by Crippen LogP contribution is 2.29. The number of hydrogen-bond donors (Lipinski definition) is 1. The fourth-order valence-corrected chi connectivity index (χ4v) is 3.07. The number of imide groups is 1. The molecule has 7 nitrogen and oxygen atoms in total. The largest absolute Gasteiger partial charge is 0.502 e. The van der Waals surface area contributed by atoms with Crippen LogP contribution >= 0.6 is 0 Å². The van der Waals surface area contributed by atoms with Gasteiger partial charge >= 0.3 is 0 Å². The average molecular weight is 374 g/mol. The molecule has 0 unspecified atom stereocenters. The Balaban J connectivity index is 1.66. The summed E-state index contributed by atoms with van der Waals surface area (Å²) in [4.78, 5) is 28.3. The number of nitrogens with zero attached hydrogens (tertiary/aromatic N) is 2. The number of carbonyl (C=O) groups excluding carboxylic acids is 2. The SMILES string of the molecule is CC(C)COc1ccc(C2=C(O)C(=O)N(CCN3CCOCC3)C2=O)cc1. The molecular weight excluding hydrogens is 348 g/mol. The van der Waals surface area contributed by atoms with Gasteiger partial charge in [0.25, 0.3) is 11.8 Å².